The number of methoxy groups -OCH3 is 1. The maximum absolute atomic E-state index is 10.7. The molecule has 0 aliphatic carbocycles. The van der Waals surface area contributed by atoms with Gasteiger partial charge in [-0.2, -0.15) is 0 Å². The van der Waals surface area contributed by atoms with Crippen LogP contribution >= 0.6 is 0 Å². The molecule has 0 bridgehead atoms. The van der Waals surface area contributed by atoms with Crippen molar-refractivity contribution in [1.82, 2.24) is 5.32 Å². The lowest BCUT2D eigenvalue weighted by molar-refractivity contribution is -0.139. The first kappa shape index (κ1) is 14.3. The molecule has 5 nitrogen and oxygen atoms in total. The average molecular weight is 219 g/mol. The Hall–Kier alpha value is -0.650. The van der Waals surface area contributed by atoms with Gasteiger partial charge in [0.05, 0.1) is 32.0 Å². The number of rotatable bonds is 6. The molecule has 0 amide bonds. The van der Waals surface area contributed by atoms with Crippen molar-refractivity contribution >= 4 is 5.97 Å². The van der Waals surface area contributed by atoms with Crippen LogP contribution in [0.5, 0.6) is 0 Å². The summed E-state index contributed by atoms with van der Waals surface area (Å²) >= 11 is 0. The van der Waals surface area contributed by atoms with Crippen LogP contribution < -0.4 is 5.32 Å². The van der Waals surface area contributed by atoms with E-state index in [1.54, 1.807) is 0 Å². The van der Waals surface area contributed by atoms with Crippen LogP contribution in [0.3, 0.4) is 0 Å². The molecular weight excluding hydrogens is 198 g/mol. The van der Waals surface area contributed by atoms with E-state index in [1.807, 2.05) is 20.8 Å². The number of hydrogen-bond acceptors (Lipinski definition) is 5. The van der Waals surface area contributed by atoms with Crippen molar-refractivity contribution in [2.45, 2.75) is 32.5 Å². The van der Waals surface area contributed by atoms with Gasteiger partial charge in [-0.15, -0.1) is 0 Å². The van der Waals surface area contributed by atoms with Crippen LogP contribution in [-0.4, -0.2) is 49.6 Å². The Morgan fingerprint density at radius 2 is 2.07 bits per heavy atom. The fourth-order valence-electron chi connectivity index (χ4n) is 0.818. The van der Waals surface area contributed by atoms with Crippen LogP contribution in [0.25, 0.3) is 0 Å². The highest BCUT2D eigenvalue weighted by molar-refractivity contribution is 5.71. The van der Waals surface area contributed by atoms with Crippen molar-refractivity contribution in [2.75, 3.05) is 26.8 Å². The smallest absolute Gasteiger partial charge is 0.319 e. The van der Waals surface area contributed by atoms with E-state index < -0.39 is 6.10 Å². The lowest BCUT2D eigenvalue weighted by atomic mass is 10.2. The zero-order valence-corrected chi connectivity index (χ0v) is 9.87. The highest BCUT2D eigenvalue weighted by atomic mass is 16.5. The van der Waals surface area contributed by atoms with Gasteiger partial charge in [0.2, 0.25) is 0 Å². The largest absolute Gasteiger partial charge is 0.468 e. The van der Waals surface area contributed by atoms with Crippen LogP contribution in [0.4, 0.5) is 0 Å². The first-order valence-corrected chi connectivity index (χ1v) is 4.94. The Kier molecular flexibility index (Phi) is 6.47. The molecule has 0 aromatic rings. The van der Waals surface area contributed by atoms with Crippen molar-refractivity contribution in [3.05, 3.63) is 0 Å². The van der Waals surface area contributed by atoms with Crippen molar-refractivity contribution < 1.29 is 19.4 Å². The zero-order chi connectivity index (χ0) is 11.9. The molecule has 0 aliphatic rings. The number of carbonyl (C=O) groups excluding carboxylic acids is 1. The molecule has 0 saturated carbocycles. The summed E-state index contributed by atoms with van der Waals surface area (Å²) in [6.07, 6.45) is -0.617. The monoisotopic (exact) mass is 219 g/mol. The standard InChI is InChI=1S/C10H21NO4/c1-10(2,3)15-7-8(12)5-11-6-9(13)14-4/h8,11-12H,5-7H2,1-4H3. The van der Waals surface area contributed by atoms with Gasteiger partial charge in [-0.3, -0.25) is 4.79 Å². The second-order valence-electron chi connectivity index (χ2n) is 4.28. The summed E-state index contributed by atoms with van der Waals surface area (Å²) in [7, 11) is 1.32. The van der Waals surface area contributed by atoms with Crippen LogP contribution in [-0.2, 0) is 14.3 Å². The second kappa shape index (κ2) is 6.76. The number of hydrogen-bond donors (Lipinski definition) is 2. The van der Waals surface area contributed by atoms with E-state index in [1.165, 1.54) is 7.11 Å². The summed E-state index contributed by atoms with van der Waals surface area (Å²) < 4.78 is 9.80. The first-order valence-electron chi connectivity index (χ1n) is 4.94. The van der Waals surface area contributed by atoms with Crippen LogP contribution in [0.1, 0.15) is 20.8 Å². The van der Waals surface area contributed by atoms with E-state index in [9.17, 15) is 9.90 Å². The molecule has 5 heteroatoms. The van der Waals surface area contributed by atoms with Gasteiger partial charge in [0.25, 0.3) is 0 Å². The molecule has 1 unspecified atom stereocenters. The zero-order valence-electron chi connectivity index (χ0n) is 9.87. The minimum Gasteiger partial charge on any atom is -0.468 e. The maximum atomic E-state index is 10.7. The highest BCUT2D eigenvalue weighted by Gasteiger charge is 2.13. The van der Waals surface area contributed by atoms with E-state index in [4.69, 9.17) is 4.74 Å². The molecule has 1 atom stereocenters. The topological polar surface area (TPSA) is 67.8 Å². The predicted octanol–water partition coefficient (Wildman–Crippen LogP) is -0.0750. The number of ether oxygens (including phenoxy) is 2. The number of carbonyl (C=O) groups is 1. The lowest BCUT2D eigenvalue weighted by Crippen LogP contribution is -2.36. The number of aliphatic hydroxyl groups is 1. The normalized spacial score (nSPS) is 13.7. The van der Waals surface area contributed by atoms with E-state index in [-0.39, 0.29) is 24.7 Å². The van der Waals surface area contributed by atoms with E-state index >= 15 is 0 Å². The molecule has 0 rings (SSSR count). The molecular formula is C10H21NO4. The van der Waals surface area contributed by atoms with Crippen LogP contribution in [0.2, 0.25) is 0 Å². The van der Waals surface area contributed by atoms with Gasteiger partial charge in [-0.05, 0) is 20.8 Å². The molecule has 15 heavy (non-hydrogen) atoms. The van der Waals surface area contributed by atoms with Gasteiger partial charge < -0.3 is 19.9 Å². The van der Waals surface area contributed by atoms with Crippen molar-refractivity contribution in [3.8, 4) is 0 Å². The molecule has 0 radical (unpaired) electrons. The van der Waals surface area contributed by atoms with E-state index in [0.29, 0.717) is 6.54 Å². The third kappa shape index (κ3) is 9.65. The fraction of sp³-hybridized carbons (Fsp3) is 0.900. The third-order valence-electron chi connectivity index (χ3n) is 1.59. The van der Waals surface area contributed by atoms with Crippen molar-refractivity contribution in [3.63, 3.8) is 0 Å². The van der Waals surface area contributed by atoms with Crippen LogP contribution in [0, 0.1) is 0 Å². The molecule has 2 N–H and O–H groups in total. The number of nitrogens with one attached hydrogen (secondary N) is 1. The molecule has 0 fully saturated rings. The third-order valence-corrected chi connectivity index (χ3v) is 1.59. The summed E-state index contributed by atoms with van der Waals surface area (Å²) in [6, 6.07) is 0. The van der Waals surface area contributed by atoms with Crippen molar-refractivity contribution in [1.29, 1.82) is 0 Å². The SMILES string of the molecule is COC(=O)CNCC(O)COC(C)(C)C. The highest BCUT2D eigenvalue weighted by Crippen LogP contribution is 2.06. The van der Waals surface area contributed by atoms with Gasteiger partial charge >= 0.3 is 5.97 Å². The average Bonchev–Trinajstić information content (AvgIpc) is 2.13. The molecule has 0 spiro atoms. The Morgan fingerprint density at radius 1 is 1.47 bits per heavy atom. The quantitative estimate of drug-likeness (QED) is 0.612. The van der Waals surface area contributed by atoms with Gasteiger partial charge in [-0.1, -0.05) is 0 Å². The first-order chi connectivity index (χ1) is 6.85. The second-order valence-corrected chi connectivity index (χ2v) is 4.28. The van der Waals surface area contributed by atoms with E-state index in [0.717, 1.165) is 0 Å². The minimum absolute atomic E-state index is 0.100. The number of esters is 1. The molecule has 0 saturated heterocycles. The summed E-state index contributed by atoms with van der Waals surface area (Å²) in [6.45, 7) is 6.41. The van der Waals surface area contributed by atoms with Gasteiger partial charge in [0.15, 0.2) is 0 Å². The predicted molar refractivity (Wildman–Crippen MR) is 56.6 cm³/mol. The molecule has 90 valence electrons. The molecule has 0 aliphatic heterocycles. The Labute approximate surface area is 90.8 Å². The van der Waals surface area contributed by atoms with Crippen LogP contribution in [0.15, 0.2) is 0 Å². The molecule has 0 aromatic heterocycles. The lowest BCUT2D eigenvalue weighted by Gasteiger charge is -2.22. The maximum Gasteiger partial charge on any atom is 0.319 e. The minimum atomic E-state index is -0.617. The number of aliphatic hydroxyl groups excluding tert-OH is 1. The van der Waals surface area contributed by atoms with Gasteiger partial charge in [0, 0.05) is 6.54 Å². The summed E-state index contributed by atoms with van der Waals surface area (Å²) in [5, 5.41) is 12.2. The summed E-state index contributed by atoms with van der Waals surface area (Å²) in [4.78, 5) is 10.7. The van der Waals surface area contributed by atoms with Crippen molar-refractivity contribution in [2.24, 2.45) is 0 Å². The van der Waals surface area contributed by atoms with Gasteiger partial charge in [0.1, 0.15) is 0 Å². The molecule has 0 heterocycles. The Balaban J connectivity index is 3.49. The Morgan fingerprint density at radius 3 is 2.53 bits per heavy atom. The fourth-order valence-corrected chi connectivity index (χ4v) is 0.818. The van der Waals surface area contributed by atoms with Gasteiger partial charge in [-0.25, -0.2) is 0 Å². The summed E-state index contributed by atoms with van der Waals surface area (Å²) in [5.74, 6) is -0.348. The Bertz CT molecular complexity index is 188. The summed E-state index contributed by atoms with van der Waals surface area (Å²) in [5.41, 5.74) is -0.261. The van der Waals surface area contributed by atoms with E-state index in [2.05, 4.69) is 10.1 Å². The molecule has 0 aromatic carbocycles.